The average Bonchev–Trinajstić information content (AvgIpc) is 3.03. The molecule has 0 amide bonds. The molecule has 130 valence electrons. The molecule has 1 fully saturated rings. The molecular weight excluding hydrogens is 290 g/mol. The van der Waals surface area contributed by atoms with Gasteiger partial charge in [-0.15, -0.1) is 0 Å². The van der Waals surface area contributed by atoms with Gasteiger partial charge in [-0.05, 0) is 38.8 Å². The molecule has 0 saturated carbocycles. The van der Waals surface area contributed by atoms with Crippen LogP contribution in [0.25, 0.3) is 0 Å². The summed E-state index contributed by atoms with van der Waals surface area (Å²) < 4.78 is 5.33. The standard InChI is InChI=1S/C17H31N5O/c1-4-18-17(19-8-11-22-9-6-5-7-10-22)20-13-15-12-16(14(2)3)21-23-15/h12,14H,4-11,13H2,1-3H3,(H2,18,19,20). The number of rotatable bonds is 7. The van der Waals surface area contributed by atoms with Crippen LogP contribution in [0.1, 0.15) is 57.4 Å². The first-order valence-electron chi connectivity index (χ1n) is 8.89. The highest BCUT2D eigenvalue weighted by Gasteiger charge is 2.10. The summed E-state index contributed by atoms with van der Waals surface area (Å²) in [6, 6.07) is 1.99. The third-order valence-corrected chi connectivity index (χ3v) is 4.08. The molecule has 23 heavy (non-hydrogen) atoms. The Balaban J connectivity index is 1.78. The Labute approximate surface area is 139 Å². The summed E-state index contributed by atoms with van der Waals surface area (Å²) in [7, 11) is 0. The summed E-state index contributed by atoms with van der Waals surface area (Å²) >= 11 is 0. The lowest BCUT2D eigenvalue weighted by Gasteiger charge is -2.26. The number of aromatic nitrogens is 1. The van der Waals surface area contributed by atoms with Crippen LogP contribution in [-0.4, -0.2) is 48.7 Å². The lowest BCUT2D eigenvalue weighted by Crippen LogP contribution is -2.42. The van der Waals surface area contributed by atoms with E-state index in [4.69, 9.17) is 4.52 Å². The number of piperidine rings is 1. The van der Waals surface area contributed by atoms with Gasteiger partial charge >= 0.3 is 0 Å². The van der Waals surface area contributed by atoms with Gasteiger partial charge in [0.2, 0.25) is 0 Å². The van der Waals surface area contributed by atoms with Crippen molar-refractivity contribution in [3.05, 3.63) is 17.5 Å². The van der Waals surface area contributed by atoms with Gasteiger partial charge in [-0.3, -0.25) is 0 Å². The number of likely N-dealkylation sites (tertiary alicyclic amines) is 1. The fourth-order valence-electron chi connectivity index (χ4n) is 2.69. The minimum absolute atomic E-state index is 0.382. The highest BCUT2D eigenvalue weighted by Crippen LogP contribution is 2.14. The van der Waals surface area contributed by atoms with E-state index >= 15 is 0 Å². The maximum Gasteiger partial charge on any atom is 0.191 e. The van der Waals surface area contributed by atoms with Crippen molar-refractivity contribution in [3.63, 3.8) is 0 Å². The van der Waals surface area contributed by atoms with Crippen LogP contribution < -0.4 is 10.6 Å². The van der Waals surface area contributed by atoms with E-state index in [1.807, 2.05) is 6.07 Å². The van der Waals surface area contributed by atoms with Crippen LogP contribution in [0.3, 0.4) is 0 Å². The second-order valence-corrected chi connectivity index (χ2v) is 6.40. The van der Waals surface area contributed by atoms with Crippen LogP contribution in [0, 0.1) is 0 Å². The van der Waals surface area contributed by atoms with Gasteiger partial charge in [-0.25, -0.2) is 4.99 Å². The molecule has 2 rings (SSSR count). The van der Waals surface area contributed by atoms with E-state index in [1.54, 1.807) is 0 Å². The first kappa shape index (κ1) is 17.8. The molecule has 1 saturated heterocycles. The van der Waals surface area contributed by atoms with Crippen LogP contribution in [0.15, 0.2) is 15.6 Å². The van der Waals surface area contributed by atoms with Crippen molar-refractivity contribution in [1.29, 1.82) is 0 Å². The number of aliphatic imine (C=N–C) groups is 1. The lowest BCUT2D eigenvalue weighted by molar-refractivity contribution is 0.232. The number of hydrogen-bond donors (Lipinski definition) is 2. The SMILES string of the molecule is CCNC(=NCc1cc(C(C)C)no1)NCCN1CCCCC1. The largest absolute Gasteiger partial charge is 0.359 e. The highest BCUT2D eigenvalue weighted by molar-refractivity contribution is 5.79. The summed E-state index contributed by atoms with van der Waals surface area (Å²) in [4.78, 5) is 7.10. The summed E-state index contributed by atoms with van der Waals surface area (Å²) in [6.45, 7) is 12.1. The zero-order valence-corrected chi connectivity index (χ0v) is 14.8. The smallest absolute Gasteiger partial charge is 0.191 e. The molecule has 0 radical (unpaired) electrons. The Hall–Kier alpha value is -1.56. The van der Waals surface area contributed by atoms with Crippen LogP contribution >= 0.6 is 0 Å². The molecular formula is C17H31N5O. The molecule has 2 heterocycles. The van der Waals surface area contributed by atoms with Crippen LogP contribution in [0.2, 0.25) is 0 Å². The molecule has 0 aliphatic carbocycles. The third kappa shape index (κ3) is 6.22. The van der Waals surface area contributed by atoms with E-state index in [2.05, 4.69) is 46.5 Å². The lowest BCUT2D eigenvalue weighted by atomic mass is 10.1. The third-order valence-electron chi connectivity index (χ3n) is 4.08. The number of guanidine groups is 1. The minimum Gasteiger partial charge on any atom is -0.359 e. The van der Waals surface area contributed by atoms with Crippen molar-refractivity contribution in [3.8, 4) is 0 Å². The van der Waals surface area contributed by atoms with Crippen molar-refractivity contribution < 1.29 is 4.52 Å². The highest BCUT2D eigenvalue weighted by atomic mass is 16.5. The van der Waals surface area contributed by atoms with Gasteiger partial charge in [0, 0.05) is 25.7 Å². The molecule has 6 heteroatoms. The van der Waals surface area contributed by atoms with Gasteiger partial charge in [0.25, 0.3) is 0 Å². The first-order chi connectivity index (χ1) is 11.2. The Kier molecular flexibility index (Phi) is 7.39. The zero-order chi connectivity index (χ0) is 16.5. The van der Waals surface area contributed by atoms with Gasteiger partial charge in [0.1, 0.15) is 6.54 Å². The number of nitrogens with zero attached hydrogens (tertiary/aromatic N) is 3. The normalized spacial score (nSPS) is 16.8. The Morgan fingerprint density at radius 3 is 2.74 bits per heavy atom. The maximum atomic E-state index is 5.33. The van der Waals surface area contributed by atoms with Crippen molar-refractivity contribution in [2.24, 2.45) is 4.99 Å². The Morgan fingerprint density at radius 2 is 2.09 bits per heavy atom. The van der Waals surface area contributed by atoms with Crippen LogP contribution in [0.4, 0.5) is 0 Å². The van der Waals surface area contributed by atoms with E-state index in [0.717, 1.165) is 37.0 Å². The molecule has 1 aliphatic rings. The molecule has 0 spiro atoms. The molecule has 0 bridgehead atoms. The van der Waals surface area contributed by atoms with Crippen molar-refractivity contribution in [2.45, 2.75) is 52.5 Å². The maximum absolute atomic E-state index is 5.33. The number of hydrogen-bond acceptors (Lipinski definition) is 4. The van der Waals surface area contributed by atoms with Gasteiger partial charge in [-0.1, -0.05) is 25.4 Å². The van der Waals surface area contributed by atoms with E-state index in [0.29, 0.717) is 12.5 Å². The first-order valence-corrected chi connectivity index (χ1v) is 8.89. The monoisotopic (exact) mass is 321 g/mol. The predicted octanol–water partition coefficient (Wildman–Crippen LogP) is 2.34. The molecule has 0 atom stereocenters. The molecule has 0 unspecified atom stereocenters. The summed E-state index contributed by atoms with van der Waals surface area (Å²) in [5, 5.41) is 10.8. The molecule has 1 aromatic heterocycles. The summed E-state index contributed by atoms with van der Waals surface area (Å²) in [5.74, 6) is 2.03. The van der Waals surface area contributed by atoms with Gasteiger partial charge in [0.15, 0.2) is 11.7 Å². The molecule has 2 N–H and O–H groups in total. The summed E-state index contributed by atoms with van der Waals surface area (Å²) in [5.41, 5.74) is 0.984. The van der Waals surface area contributed by atoms with Crippen LogP contribution in [0.5, 0.6) is 0 Å². The van der Waals surface area contributed by atoms with Crippen LogP contribution in [-0.2, 0) is 6.54 Å². The molecule has 0 aromatic carbocycles. The zero-order valence-electron chi connectivity index (χ0n) is 14.8. The Morgan fingerprint density at radius 1 is 1.30 bits per heavy atom. The Bertz CT molecular complexity index is 477. The van der Waals surface area contributed by atoms with Crippen molar-refractivity contribution in [2.75, 3.05) is 32.7 Å². The second-order valence-electron chi connectivity index (χ2n) is 6.40. The average molecular weight is 321 g/mol. The quantitative estimate of drug-likeness (QED) is 0.596. The van der Waals surface area contributed by atoms with E-state index in [9.17, 15) is 0 Å². The number of nitrogens with one attached hydrogen (secondary N) is 2. The second kappa shape index (κ2) is 9.55. The van der Waals surface area contributed by atoms with Crippen molar-refractivity contribution >= 4 is 5.96 Å². The van der Waals surface area contributed by atoms with E-state index in [-0.39, 0.29) is 0 Å². The van der Waals surface area contributed by atoms with Crippen molar-refractivity contribution in [1.82, 2.24) is 20.7 Å². The van der Waals surface area contributed by atoms with E-state index < -0.39 is 0 Å². The topological polar surface area (TPSA) is 65.7 Å². The fraction of sp³-hybridized carbons (Fsp3) is 0.765. The van der Waals surface area contributed by atoms with Gasteiger partial charge in [0.05, 0.1) is 5.69 Å². The van der Waals surface area contributed by atoms with Gasteiger partial charge in [-0.2, -0.15) is 0 Å². The van der Waals surface area contributed by atoms with E-state index in [1.165, 1.54) is 32.4 Å². The molecule has 1 aromatic rings. The predicted molar refractivity (Wildman–Crippen MR) is 93.7 cm³/mol. The summed E-state index contributed by atoms with van der Waals surface area (Å²) in [6.07, 6.45) is 4.04. The fourth-order valence-corrected chi connectivity index (χ4v) is 2.69. The molecule has 1 aliphatic heterocycles. The minimum atomic E-state index is 0.382. The molecule has 6 nitrogen and oxygen atoms in total. The van der Waals surface area contributed by atoms with Gasteiger partial charge < -0.3 is 20.1 Å².